The molecule has 0 amide bonds. The van der Waals surface area contributed by atoms with Gasteiger partial charge in [0.2, 0.25) is 0 Å². The summed E-state index contributed by atoms with van der Waals surface area (Å²) in [4.78, 5) is 76.4. The second kappa shape index (κ2) is 50.6. The Morgan fingerprint density at radius 2 is 0.800 bits per heavy atom. The summed E-state index contributed by atoms with van der Waals surface area (Å²) in [6, 6.07) is 63.8. The van der Waals surface area contributed by atoms with Gasteiger partial charge in [0.15, 0.2) is 21.4 Å². The van der Waals surface area contributed by atoms with Crippen LogP contribution in [0.15, 0.2) is 255 Å². The number of para-hydroxylation sites is 1. The van der Waals surface area contributed by atoms with Crippen molar-refractivity contribution in [1.29, 1.82) is 0 Å². The highest BCUT2D eigenvalue weighted by Crippen LogP contribution is 2.49. The van der Waals surface area contributed by atoms with Crippen LogP contribution >= 0.6 is 23.5 Å². The fourth-order valence-electron chi connectivity index (χ4n) is 16.2. The highest BCUT2D eigenvalue weighted by atomic mass is 32.2. The Morgan fingerprint density at radius 3 is 1.16 bits per heavy atom. The number of halogens is 6. The van der Waals surface area contributed by atoms with Crippen LogP contribution in [0.3, 0.4) is 0 Å². The van der Waals surface area contributed by atoms with Crippen molar-refractivity contribution in [3.63, 3.8) is 0 Å². The monoisotopic (exact) mass is 1970 g/mol. The van der Waals surface area contributed by atoms with Gasteiger partial charge in [-0.05, 0) is 345 Å². The quantitative estimate of drug-likeness (QED) is 0.0217. The minimum atomic E-state index is -3.25. The van der Waals surface area contributed by atoms with E-state index in [1.54, 1.807) is 92.2 Å². The summed E-state index contributed by atoms with van der Waals surface area (Å²) in [5.41, 5.74) is 35.5. The molecule has 0 aromatic heterocycles. The summed E-state index contributed by atoms with van der Waals surface area (Å²) in [5, 5.41) is 3.40. The molecule has 0 heterocycles. The fraction of sp³-hybridized carbons (Fsp3) is 0.305. The standard InChI is InChI=1S/C23H23FO3S.C23H23FO2S.C23H23FOS.C22H21FOS.C18H21NO.C9H18F2N2O/c1-14(2)23(25)13-21-15(3)20(19-10-7-17(24)12-22(19)21)11-16-5-8-18(9-6-16)28(4,26)27;1-14(2)23(25)13-21-15(3)20(19-10-7-17(24)12-22(19)21)11-16-5-8-18(9-6-16)27(4)26;1-14(2)23(25)13-21-15(3)20(19-10-7-17(24)12-22(19)21)11-16-5-8-18(26-4)9-6-16;1-14(2)22(24)12-17-11-16(20-9-6-18(23)13-21(17)20)10-15-4-7-19(25-3)8-5-15;1-12(2)18(20)15-9-5-6-10-17(15)19-16-11-7-8-13(3)14(16)4;1-6(2)7(14)9(13,8(10)11)4-3-5-12/h5-12,14H,13H2,1-4H3;5-12,14H,13H2,1-4H3;5-12,14H,13H2,1-4H3;4-11,13-14H,12H2,1-3H3;5-12,19H,1-4H3;6,8H,3-5,12-13H2,1-2H3/b3*20-11-;16-10+;;. The molecule has 0 bridgehead atoms. The number of nitrogens with one attached hydrogen (secondary N) is 1. The largest absolute Gasteiger partial charge is 0.355 e. The average Bonchev–Trinajstić information content (AvgIpc) is 1.63. The lowest BCUT2D eigenvalue weighted by Crippen LogP contribution is -2.56. The van der Waals surface area contributed by atoms with Gasteiger partial charge in [-0.3, -0.25) is 33.0 Å². The van der Waals surface area contributed by atoms with E-state index in [0.717, 1.165) is 150 Å². The number of benzene rings is 10. The summed E-state index contributed by atoms with van der Waals surface area (Å²) >= 11 is 3.42. The van der Waals surface area contributed by atoms with Crippen molar-refractivity contribution in [2.45, 2.75) is 188 Å². The molecule has 5 N–H and O–H groups in total. The number of allylic oxidation sites excluding steroid dienone is 12. The van der Waals surface area contributed by atoms with E-state index in [2.05, 4.69) is 98.4 Å². The second-order valence-corrected chi connectivity index (χ2v) is 42.5. The zero-order valence-electron chi connectivity index (χ0n) is 83.8. The number of carbonyl (C=O) groups is 6. The number of sulfone groups is 1. The molecule has 0 fully saturated rings. The highest BCUT2D eigenvalue weighted by molar-refractivity contribution is 7.98. The SMILES string of the molecule is CC(C)C(=O)C(N)(CCCN)C(F)F.CC1=C(CC(=O)C(C)C)c2cc(F)ccc2/C1=C\c1ccc(S(C)(=O)=O)cc1.CC1=C(CC(=O)C(C)C)c2cc(F)ccc2/C1=C\c1ccc(S(C)=O)cc1.CSc1ccc(/C=C2/C(C)=C(CC(=O)C(C)C)c3cc(F)ccc32)cc1.CSc1ccc(/C=C2\C=C(CC(=O)C(C)C)c3cc(F)ccc32)cc1.Cc1cccc(Nc2ccccc2C(=O)C(C)C)c1C. The topological polar surface area (TPSA) is 218 Å². The molecule has 10 aromatic carbocycles. The number of Topliss-reactive ketones (excluding diaryl/α,β-unsaturated/α-hetero) is 6. The summed E-state index contributed by atoms with van der Waals surface area (Å²) in [6.45, 7) is 32.5. The Hall–Kier alpha value is -11.8. The fourth-order valence-corrected chi connectivity index (χ4v) is 18.1. The number of anilines is 2. The van der Waals surface area contributed by atoms with Gasteiger partial charge in [-0.15, -0.1) is 23.5 Å². The lowest BCUT2D eigenvalue weighted by atomic mass is 9.84. The summed E-state index contributed by atoms with van der Waals surface area (Å²) in [6.07, 6.45) is 15.9. The van der Waals surface area contributed by atoms with Crippen molar-refractivity contribution in [3.8, 4) is 0 Å². The Morgan fingerprint density at radius 1 is 0.436 bits per heavy atom. The van der Waals surface area contributed by atoms with Crippen molar-refractivity contribution in [1.82, 2.24) is 0 Å². The zero-order valence-corrected chi connectivity index (χ0v) is 87.1. The summed E-state index contributed by atoms with van der Waals surface area (Å²) < 4.78 is 115. The van der Waals surface area contributed by atoms with Crippen LogP contribution in [-0.2, 0) is 44.6 Å². The molecule has 0 radical (unpaired) electrons. The van der Waals surface area contributed by atoms with Crippen LogP contribution < -0.4 is 16.8 Å². The van der Waals surface area contributed by atoms with Crippen LogP contribution in [0.4, 0.5) is 37.7 Å². The van der Waals surface area contributed by atoms with Gasteiger partial charge in [0.1, 0.15) is 51.9 Å². The number of hydrogen-bond donors (Lipinski definition) is 3. The maximum absolute atomic E-state index is 13.9. The third kappa shape index (κ3) is 29.2. The number of alkyl halides is 2. The molecule has 2 atom stereocenters. The molecule has 10 aromatic rings. The van der Waals surface area contributed by atoms with E-state index in [4.69, 9.17) is 11.5 Å². The lowest BCUT2D eigenvalue weighted by molar-refractivity contribution is -0.133. The van der Waals surface area contributed by atoms with Gasteiger partial charge in [0.05, 0.1) is 4.90 Å². The van der Waals surface area contributed by atoms with Crippen LogP contribution in [0.25, 0.3) is 68.9 Å². The molecule has 736 valence electrons. The first-order valence-corrected chi connectivity index (χ1v) is 52.8. The Kier molecular flexibility index (Phi) is 40.4. The van der Waals surface area contributed by atoms with Crippen LogP contribution in [0.5, 0.6) is 0 Å². The summed E-state index contributed by atoms with van der Waals surface area (Å²) in [7, 11) is -4.26. The molecular formula is C118H129F6N3O9S4. The van der Waals surface area contributed by atoms with E-state index in [1.807, 2.05) is 175 Å². The Balaban J connectivity index is 0.000000190. The predicted molar refractivity (Wildman–Crippen MR) is 571 cm³/mol. The van der Waals surface area contributed by atoms with Crippen LogP contribution in [0.2, 0.25) is 0 Å². The maximum Gasteiger partial charge on any atom is 0.263 e. The van der Waals surface area contributed by atoms with Crippen molar-refractivity contribution >= 4 is 159 Å². The van der Waals surface area contributed by atoms with Gasteiger partial charge >= 0.3 is 0 Å². The normalized spacial score (nSPS) is 14.8. The first-order chi connectivity index (χ1) is 66.1. The molecule has 2 unspecified atom stereocenters. The minimum Gasteiger partial charge on any atom is -0.355 e. The molecule has 12 nitrogen and oxygen atoms in total. The molecular weight excluding hydrogens is 1850 g/mol. The first-order valence-electron chi connectivity index (χ1n) is 46.9. The van der Waals surface area contributed by atoms with E-state index in [-0.39, 0.29) is 106 Å². The Bertz CT molecular complexity index is 6670. The molecule has 0 aliphatic heterocycles. The number of ketones is 6. The molecule has 14 rings (SSSR count). The average molecular weight is 1980 g/mol. The summed E-state index contributed by atoms with van der Waals surface area (Å²) in [5.74, 6) is -1.67. The van der Waals surface area contributed by atoms with E-state index in [0.29, 0.717) is 25.7 Å². The van der Waals surface area contributed by atoms with Crippen molar-refractivity contribution in [2.75, 3.05) is 36.9 Å². The number of fused-ring (bicyclic) bond motifs is 4. The molecule has 0 spiro atoms. The molecule has 4 aliphatic rings. The van der Waals surface area contributed by atoms with Crippen molar-refractivity contribution in [3.05, 3.63) is 342 Å². The highest BCUT2D eigenvalue weighted by Gasteiger charge is 2.43. The molecule has 0 saturated carbocycles. The predicted octanol–water partition coefficient (Wildman–Crippen LogP) is 29.1. The van der Waals surface area contributed by atoms with E-state index in [1.165, 1.54) is 69.6 Å². The third-order valence-electron chi connectivity index (χ3n) is 25.1. The van der Waals surface area contributed by atoms with Gasteiger partial charge in [-0.25, -0.2) is 34.8 Å². The van der Waals surface area contributed by atoms with Gasteiger partial charge < -0.3 is 16.8 Å². The number of thioether (sulfide) groups is 2. The molecule has 140 heavy (non-hydrogen) atoms. The van der Waals surface area contributed by atoms with E-state index < -0.39 is 44.3 Å². The van der Waals surface area contributed by atoms with Crippen LogP contribution in [0, 0.1) is 72.6 Å². The number of aryl methyl sites for hydroxylation is 1. The third-order valence-corrected chi connectivity index (χ3v) is 28.6. The van der Waals surface area contributed by atoms with Gasteiger partial charge in [0.25, 0.3) is 6.43 Å². The lowest BCUT2D eigenvalue weighted by Gasteiger charge is -2.28. The number of carbonyl (C=O) groups excluding carboxylic acids is 6. The van der Waals surface area contributed by atoms with Gasteiger partial charge in [-0.1, -0.05) is 186 Å². The minimum absolute atomic E-state index is 0.00319. The smallest absolute Gasteiger partial charge is 0.263 e. The van der Waals surface area contributed by atoms with Gasteiger partial charge in [-0.2, -0.15) is 0 Å². The van der Waals surface area contributed by atoms with E-state index >= 15 is 0 Å². The number of nitrogens with two attached hydrogens (primary N) is 2. The molecule has 22 heteroatoms. The van der Waals surface area contributed by atoms with Crippen LogP contribution in [0.1, 0.15) is 231 Å². The number of rotatable bonds is 30. The first kappa shape index (κ1) is 112. The van der Waals surface area contributed by atoms with Gasteiger partial charge in [0, 0.05) is 116 Å². The maximum atomic E-state index is 13.9. The zero-order chi connectivity index (χ0) is 103. The molecule has 4 aliphatic carbocycles. The van der Waals surface area contributed by atoms with Crippen molar-refractivity contribution < 1.29 is 67.7 Å². The number of hydrogen-bond acceptors (Lipinski definition) is 14. The Labute approximate surface area is 834 Å². The van der Waals surface area contributed by atoms with Crippen molar-refractivity contribution in [2.24, 2.45) is 47.0 Å². The van der Waals surface area contributed by atoms with E-state index in [9.17, 15) is 67.7 Å². The van der Waals surface area contributed by atoms with Crippen LogP contribution in [-0.4, -0.2) is 90.9 Å². The molecule has 0 saturated heterocycles. The second-order valence-electron chi connectivity index (χ2n) is 37.3.